The van der Waals surface area contributed by atoms with Crippen LogP contribution in [-0.4, -0.2) is 22.7 Å². The lowest BCUT2D eigenvalue weighted by Gasteiger charge is -2.11. The average Bonchev–Trinajstić information content (AvgIpc) is 2.85. The minimum Gasteiger partial charge on any atom is -0.493 e. The summed E-state index contributed by atoms with van der Waals surface area (Å²) in [7, 11) is 1.56. The van der Waals surface area contributed by atoms with Gasteiger partial charge < -0.3 is 4.74 Å². The molecule has 0 atom stereocenters. The van der Waals surface area contributed by atoms with E-state index in [4.69, 9.17) is 4.74 Å². The highest BCUT2D eigenvalue weighted by Crippen LogP contribution is 2.23. The number of ketones is 1. The van der Waals surface area contributed by atoms with Crippen molar-refractivity contribution in [3.63, 3.8) is 0 Å². The summed E-state index contributed by atoms with van der Waals surface area (Å²) in [5, 5.41) is 4.23. The molecule has 0 radical (unpaired) electrons. The average molecular weight is 272 g/mol. The number of hydrogen-bond acceptors (Lipinski definition) is 3. The lowest BCUT2D eigenvalue weighted by molar-refractivity contribution is 0.0977. The largest absolute Gasteiger partial charge is 0.493 e. The molecule has 0 saturated heterocycles. The molecule has 4 heteroatoms. The van der Waals surface area contributed by atoms with Gasteiger partial charge in [-0.05, 0) is 26.3 Å². The maximum absolute atomic E-state index is 12.5. The fraction of sp³-hybridized carbons (Fsp3) is 0.375. The number of nitrogens with zero attached hydrogens (tertiary/aromatic N) is 2. The molecule has 20 heavy (non-hydrogen) atoms. The predicted octanol–water partition coefficient (Wildman–Crippen LogP) is 3.21. The number of rotatable bonds is 5. The van der Waals surface area contributed by atoms with Gasteiger partial charge in [-0.25, -0.2) is 0 Å². The summed E-state index contributed by atoms with van der Waals surface area (Å²) in [6.07, 6.45) is 1.96. The van der Waals surface area contributed by atoms with Gasteiger partial charge in [-0.15, -0.1) is 0 Å². The van der Waals surface area contributed by atoms with Crippen molar-refractivity contribution in [3.05, 3.63) is 47.3 Å². The van der Waals surface area contributed by atoms with Crippen molar-refractivity contribution in [2.24, 2.45) is 0 Å². The van der Waals surface area contributed by atoms with Gasteiger partial charge in [-0.2, -0.15) is 5.10 Å². The third-order valence-corrected chi connectivity index (χ3v) is 3.22. The van der Waals surface area contributed by atoms with E-state index in [0.717, 1.165) is 5.56 Å². The van der Waals surface area contributed by atoms with Crippen LogP contribution in [0.25, 0.3) is 0 Å². The molecule has 0 aliphatic carbocycles. The molecule has 0 fully saturated rings. The van der Waals surface area contributed by atoms with Crippen LogP contribution in [0.3, 0.4) is 0 Å². The zero-order valence-electron chi connectivity index (χ0n) is 12.4. The van der Waals surface area contributed by atoms with Gasteiger partial charge in [-0.3, -0.25) is 9.48 Å². The molecule has 0 N–H and O–H groups in total. The van der Waals surface area contributed by atoms with Crippen molar-refractivity contribution in [1.29, 1.82) is 0 Å². The van der Waals surface area contributed by atoms with E-state index in [-0.39, 0.29) is 11.8 Å². The van der Waals surface area contributed by atoms with E-state index in [1.165, 1.54) is 5.56 Å². The molecular formula is C16H20N2O2. The number of methoxy groups -OCH3 is 1. The molecule has 2 aromatic rings. The smallest absolute Gasteiger partial charge is 0.189 e. The van der Waals surface area contributed by atoms with Crippen LogP contribution in [-0.2, 0) is 6.42 Å². The molecule has 0 aliphatic heterocycles. The van der Waals surface area contributed by atoms with Gasteiger partial charge >= 0.3 is 0 Å². The SMILES string of the molecule is COc1cnn(C(C)C)c1C(=O)Cc1ccc(C)cc1. The van der Waals surface area contributed by atoms with Crippen LogP contribution in [0.5, 0.6) is 5.75 Å². The first-order chi connectivity index (χ1) is 9.52. The van der Waals surface area contributed by atoms with Crippen LogP contribution in [0.4, 0.5) is 0 Å². The lowest BCUT2D eigenvalue weighted by atomic mass is 10.0. The second-order valence-corrected chi connectivity index (χ2v) is 5.19. The zero-order valence-corrected chi connectivity index (χ0v) is 12.4. The van der Waals surface area contributed by atoms with Gasteiger partial charge in [0.25, 0.3) is 0 Å². The number of carbonyl (C=O) groups is 1. The highest BCUT2D eigenvalue weighted by Gasteiger charge is 2.21. The fourth-order valence-corrected chi connectivity index (χ4v) is 2.13. The summed E-state index contributed by atoms with van der Waals surface area (Å²) < 4.78 is 6.97. The van der Waals surface area contributed by atoms with E-state index in [1.54, 1.807) is 18.0 Å². The van der Waals surface area contributed by atoms with E-state index in [2.05, 4.69) is 5.10 Å². The van der Waals surface area contributed by atoms with Crippen LogP contribution in [0.15, 0.2) is 30.5 Å². The summed E-state index contributed by atoms with van der Waals surface area (Å²) >= 11 is 0. The van der Waals surface area contributed by atoms with E-state index in [0.29, 0.717) is 17.9 Å². The monoisotopic (exact) mass is 272 g/mol. The summed E-state index contributed by atoms with van der Waals surface area (Å²) in [6, 6.07) is 8.11. The van der Waals surface area contributed by atoms with Crippen molar-refractivity contribution in [2.45, 2.75) is 33.2 Å². The molecule has 0 saturated carbocycles. The topological polar surface area (TPSA) is 44.1 Å². The van der Waals surface area contributed by atoms with E-state index in [1.807, 2.05) is 45.0 Å². The highest BCUT2D eigenvalue weighted by atomic mass is 16.5. The Morgan fingerprint density at radius 3 is 2.50 bits per heavy atom. The number of Topliss-reactive ketones (excluding diaryl/α,β-unsaturated/α-hetero) is 1. The second-order valence-electron chi connectivity index (χ2n) is 5.19. The van der Waals surface area contributed by atoms with Crippen LogP contribution in [0.1, 0.15) is 41.5 Å². The summed E-state index contributed by atoms with van der Waals surface area (Å²) in [5.74, 6) is 0.563. The fourth-order valence-electron chi connectivity index (χ4n) is 2.13. The van der Waals surface area contributed by atoms with Crippen molar-refractivity contribution in [1.82, 2.24) is 9.78 Å². The Hall–Kier alpha value is -2.10. The molecule has 106 valence electrons. The number of benzene rings is 1. The predicted molar refractivity (Wildman–Crippen MR) is 78.4 cm³/mol. The minimum atomic E-state index is 0.0249. The third kappa shape index (κ3) is 2.90. The Bertz CT molecular complexity index is 597. The number of hydrogen-bond donors (Lipinski definition) is 0. The van der Waals surface area contributed by atoms with Crippen molar-refractivity contribution < 1.29 is 9.53 Å². The van der Waals surface area contributed by atoms with Crippen molar-refractivity contribution >= 4 is 5.78 Å². The van der Waals surface area contributed by atoms with Crippen LogP contribution in [0, 0.1) is 6.92 Å². The van der Waals surface area contributed by atoms with Crippen LogP contribution < -0.4 is 4.74 Å². The number of aryl methyl sites for hydroxylation is 1. The third-order valence-electron chi connectivity index (χ3n) is 3.22. The van der Waals surface area contributed by atoms with Gasteiger partial charge in [0.2, 0.25) is 0 Å². The molecule has 1 heterocycles. The van der Waals surface area contributed by atoms with Gasteiger partial charge in [-0.1, -0.05) is 29.8 Å². The summed E-state index contributed by atoms with van der Waals surface area (Å²) in [6.45, 7) is 6.02. The first-order valence-electron chi connectivity index (χ1n) is 6.73. The van der Waals surface area contributed by atoms with Gasteiger partial charge in [0.1, 0.15) is 5.69 Å². The molecule has 0 unspecified atom stereocenters. The Kier molecular flexibility index (Phi) is 4.23. The molecule has 2 rings (SSSR count). The normalized spacial score (nSPS) is 10.8. The van der Waals surface area contributed by atoms with E-state index in [9.17, 15) is 4.79 Å². The zero-order chi connectivity index (χ0) is 14.7. The number of ether oxygens (including phenoxy) is 1. The highest BCUT2D eigenvalue weighted by molar-refractivity contribution is 5.98. The maximum atomic E-state index is 12.5. The molecule has 4 nitrogen and oxygen atoms in total. The second kappa shape index (κ2) is 5.90. The molecular weight excluding hydrogens is 252 g/mol. The Morgan fingerprint density at radius 1 is 1.30 bits per heavy atom. The molecule has 0 amide bonds. The molecule has 0 bridgehead atoms. The summed E-state index contributed by atoms with van der Waals surface area (Å²) in [5.41, 5.74) is 2.73. The van der Waals surface area contributed by atoms with Crippen molar-refractivity contribution in [2.75, 3.05) is 7.11 Å². The maximum Gasteiger partial charge on any atom is 0.189 e. The van der Waals surface area contributed by atoms with E-state index >= 15 is 0 Å². The summed E-state index contributed by atoms with van der Waals surface area (Å²) in [4.78, 5) is 12.5. The van der Waals surface area contributed by atoms with Crippen LogP contribution >= 0.6 is 0 Å². The minimum absolute atomic E-state index is 0.0249. The number of aromatic nitrogens is 2. The Balaban J connectivity index is 2.28. The molecule has 0 aliphatic rings. The van der Waals surface area contributed by atoms with Gasteiger partial charge in [0.15, 0.2) is 11.5 Å². The number of carbonyl (C=O) groups excluding carboxylic acids is 1. The molecule has 1 aromatic heterocycles. The Labute approximate surface area is 119 Å². The van der Waals surface area contributed by atoms with Crippen LogP contribution in [0.2, 0.25) is 0 Å². The van der Waals surface area contributed by atoms with E-state index < -0.39 is 0 Å². The quantitative estimate of drug-likeness (QED) is 0.785. The lowest BCUT2D eigenvalue weighted by Crippen LogP contribution is -2.15. The van der Waals surface area contributed by atoms with Crippen molar-refractivity contribution in [3.8, 4) is 5.75 Å². The molecule has 0 spiro atoms. The van der Waals surface area contributed by atoms with Gasteiger partial charge in [0, 0.05) is 12.5 Å². The molecule has 1 aromatic carbocycles. The first-order valence-corrected chi connectivity index (χ1v) is 6.73. The standard InChI is InChI=1S/C16H20N2O2/c1-11(2)18-16(15(20-4)10-17-18)14(19)9-13-7-5-12(3)6-8-13/h5-8,10-11H,9H2,1-4H3. The van der Waals surface area contributed by atoms with Gasteiger partial charge in [0.05, 0.1) is 13.3 Å². The Morgan fingerprint density at radius 2 is 1.95 bits per heavy atom. The first kappa shape index (κ1) is 14.3.